The van der Waals surface area contributed by atoms with Crippen molar-refractivity contribution >= 4 is 11.0 Å². The van der Waals surface area contributed by atoms with Crippen molar-refractivity contribution in [3.8, 4) is 17.1 Å². The fourth-order valence-corrected chi connectivity index (χ4v) is 3.44. The molecule has 1 N–H and O–H groups in total. The predicted molar refractivity (Wildman–Crippen MR) is 110 cm³/mol. The van der Waals surface area contributed by atoms with E-state index in [0.29, 0.717) is 11.8 Å². The number of rotatable bonds is 6. The molecule has 3 heterocycles. The number of ether oxygens (including phenoxy) is 1. The molecule has 5 heteroatoms. The van der Waals surface area contributed by atoms with Crippen molar-refractivity contribution in [2.24, 2.45) is 0 Å². The summed E-state index contributed by atoms with van der Waals surface area (Å²) in [6, 6.07) is 6.32. The van der Waals surface area contributed by atoms with Gasteiger partial charge in [0, 0.05) is 11.9 Å². The van der Waals surface area contributed by atoms with Gasteiger partial charge in [0.1, 0.15) is 0 Å². The van der Waals surface area contributed by atoms with E-state index in [9.17, 15) is 5.11 Å². The number of aryl methyl sites for hydroxylation is 2. The Balaban J connectivity index is 2.25. The van der Waals surface area contributed by atoms with Crippen LogP contribution in [0.4, 0.5) is 0 Å². The number of nitrogens with zero attached hydrogens (tertiary/aromatic N) is 3. The first-order valence-corrected chi connectivity index (χ1v) is 9.58. The maximum absolute atomic E-state index is 9.59. The number of hydrogen-bond donors (Lipinski definition) is 1. The average molecular weight is 367 g/mol. The van der Waals surface area contributed by atoms with Gasteiger partial charge in [0.15, 0.2) is 0 Å². The van der Waals surface area contributed by atoms with E-state index in [1.807, 2.05) is 6.92 Å². The summed E-state index contributed by atoms with van der Waals surface area (Å²) in [7, 11) is 1.66. The van der Waals surface area contributed by atoms with Crippen molar-refractivity contribution in [1.29, 1.82) is 0 Å². The highest BCUT2D eigenvalue weighted by Gasteiger charge is 2.19. The number of fused-ring (bicyclic) bond motifs is 1. The summed E-state index contributed by atoms with van der Waals surface area (Å²) in [5.41, 5.74) is 7.10. The maximum atomic E-state index is 9.59. The Hall–Kier alpha value is -2.40. The number of pyridine rings is 2. The van der Waals surface area contributed by atoms with Gasteiger partial charge in [0.25, 0.3) is 0 Å². The first kappa shape index (κ1) is 19.4. The molecular formula is C22H29N3O2. The summed E-state index contributed by atoms with van der Waals surface area (Å²) in [5.74, 6) is 0.953. The molecule has 0 aliphatic heterocycles. The Labute approximate surface area is 161 Å². The van der Waals surface area contributed by atoms with Gasteiger partial charge in [-0.25, -0.2) is 9.97 Å². The highest BCUT2D eigenvalue weighted by atomic mass is 16.5. The van der Waals surface area contributed by atoms with Crippen LogP contribution < -0.4 is 4.74 Å². The van der Waals surface area contributed by atoms with Crippen LogP contribution in [0.25, 0.3) is 22.3 Å². The third-order valence-electron chi connectivity index (χ3n) is 5.11. The molecule has 0 bridgehead atoms. The van der Waals surface area contributed by atoms with Crippen LogP contribution in [0.1, 0.15) is 56.5 Å². The molecule has 0 spiro atoms. The van der Waals surface area contributed by atoms with Crippen LogP contribution in [-0.4, -0.2) is 33.4 Å². The molecule has 0 radical (unpaired) electrons. The van der Waals surface area contributed by atoms with Crippen molar-refractivity contribution in [1.82, 2.24) is 14.5 Å². The van der Waals surface area contributed by atoms with Gasteiger partial charge in [0.2, 0.25) is 5.88 Å². The second-order valence-electron chi connectivity index (χ2n) is 7.42. The molecule has 0 unspecified atom stereocenters. The summed E-state index contributed by atoms with van der Waals surface area (Å²) in [4.78, 5) is 9.70. The van der Waals surface area contributed by atoms with Crippen LogP contribution in [0, 0.1) is 6.92 Å². The lowest BCUT2D eigenvalue weighted by Crippen LogP contribution is -2.08. The summed E-state index contributed by atoms with van der Waals surface area (Å²) in [5, 5.41) is 9.59. The van der Waals surface area contributed by atoms with E-state index in [-0.39, 0.29) is 12.6 Å². The second kappa shape index (κ2) is 7.69. The average Bonchev–Trinajstić information content (AvgIpc) is 3.01. The van der Waals surface area contributed by atoms with Crippen LogP contribution in [0.3, 0.4) is 0 Å². The zero-order valence-electron chi connectivity index (χ0n) is 17.1. The molecular weight excluding hydrogens is 338 g/mol. The van der Waals surface area contributed by atoms with Gasteiger partial charge >= 0.3 is 0 Å². The molecule has 1 atom stereocenters. The van der Waals surface area contributed by atoms with Crippen molar-refractivity contribution < 1.29 is 9.84 Å². The molecule has 0 saturated carbocycles. The number of aromatic nitrogens is 3. The highest BCUT2D eigenvalue weighted by Crippen LogP contribution is 2.34. The predicted octanol–water partition coefficient (Wildman–Crippen LogP) is 4.65. The van der Waals surface area contributed by atoms with Crippen molar-refractivity contribution in [2.45, 2.75) is 53.0 Å². The molecule has 0 saturated heterocycles. The Bertz CT molecular complexity index is 960. The lowest BCUT2D eigenvalue weighted by atomic mass is 10.0. The number of aliphatic hydroxyl groups is 1. The Morgan fingerprint density at radius 3 is 2.52 bits per heavy atom. The first-order chi connectivity index (χ1) is 12.9. The fourth-order valence-electron chi connectivity index (χ4n) is 3.44. The summed E-state index contributed by atoms with van der Waals surface area (Å²) in [6.07, 6.45) is 2.92. The fraction of sp³-hybridized carbons (Fsp3) is 0.455. The zero-order valence-corrected chi connectivity index (χ0v) is 17.1. The lowest BCUT2D eigenvalue weighted by Gasteiger charge is -2.16. The molecule has 3 aromatic rings. The quantitative estimate of drug-likeness (QED) is 0.689. The van der Waals surface area contributed by atoms with Crippen molar-refractivity contribution in [2.75, 3.05) is 13.7 Å². The molecule has 3 aromatic heterocycles. The summed E-state index contributed by atoms with van der Waals surface area (Å²) < 4.78 is 7.71. The van der Waals surface area contributed by atoms with Crippen LogP contribution in [0.2, 0.25) is 0 Å². The Morgan fingerprint density at radius 2 is 1.93 bits per heavy atom. The zero-order chi connectivity index (χ0) is 19.7. The molecule has 0 aromatic carbocycles. The van der Waals surface area contributed by atoms with Gasteiger partial charge in [0.05, 0.1) is 42.0 Å². The van der Waals surface area contributed by atoms with Crippen molar-refractivity contribution in [3.05, 3.63) is 41.2 Å². The normalized spacial score (nSPS) is 12.7. The maximum Gasteiger partial charge on any atom is 0.222 e. The second-order valence-corrected chi connectivity index (χ2v) is 7.42. The largest absolute Gasteiger partial charge is 0.480 e. The lowest BCUT2D eigenvalue weighted by molar-refractivity contribution is 0.241. The van der Waals surface area contributed by atoms with Gasteiger partial charge in [-0.3, -0.25) is 0 Å². The van der Waals surface area contributed by atoms with Crippen LogP contribution >= 0.6 is 0 Å². The van der Waals surface area contributed by atoms with E-state index in [1.54, 1.807) is 7.11 Å². The molecule has 144 valence electrons. The molecule has 0 fully saturated rings. The van der Waals surface area contributed by atoms with E-state index in [1.165, 1.54) is 0 Å². The van der Waals surface area contributed by atoms with E-state index in [0.717, 1.165) is 45.5 Å². The topological polar surface area (TPSA) is 60.2 Å². The third kappa shape index (κ3) is 3.44. The molecule has 27 heavy (non-hydrogen) atoms. The summed E-state index contributed by atoms with van der Waals surface area (Å²) >= 11 is 0. The number of aliphatic hydroxyl groups excluding tert-OH is 1. The van der Waals surface area contributed by atoms with Gasteiger partial charge in [-0.15, -0.1) is 0 Å². The minimum absolute atomic E-state index is 0.0140. The van der Waals surface area contributed by atoms with Gasteiger partial charge in [-0.05, 0) is 55.5 Å². The minimum atomic E-state index is 0.0140. The van der Waals surface area contributed by atoms with E-state index in [2.05, 4.69) is 56.7 Å². The van der Waals surface area contributed by atoms with Gasteiger partial charge in [-0.1, -0.05) is 20.8 Å². The third-order valence-corrected chi connectivity index (χ3v) is 5.11. The van der Waals surface area contributed by atoms with Crippen LogP contribution in [0.5, 0.6) is 5.88 Å². The van der Waals surface area contributed by atoms with Crippen LogP contribution in [0.15, 0.2) is 24.4 Å². The molecule has 0 aliphatic carbocycles. The monoisotopic (exact) mass is 367 g/mol. The number of methoxy groups -OCH3 is 1. The van der Waals surface area contributed by atoms with E-state index >= 15 is 0 Å². The SMILES string of the molecule is CCc1cc2c(nc1-c1ccc(C(C)C)nc1OC)c(C)cn2[C@H](C)CO. The first-order valence-electron chi connectivity index (χ1n) is 9.58. The Morgan fingerprint density at radius 1 is 1.19 bits per heavy atom. The smallest absolute Gasteiger partial charge is 0.222 e. The molecule has 3 rings (SSSR count). The molecule has 0 amide bonds. The van der Waals surface area contributed by atoms with E-state index < -0.39 is 0 Å². The molecule has 0 aliphatic rings. The standard InChI is InChI=1S/C22H29N3O2/c1-7-16-10-19-20(14(4)11-25(19)15(5)12-26)24-21(16)17-8-9-18(13(2)3)23-22(17)27-6/h8-11,13,15,26H,7,12H2,1-6H3/t15-/m1/s1. The van der Waals surface area contributed by atoms with Gasteiger partial charge < -0.3 is 14.4 Å². The van der Waals surface area contributed by atoms with Crippen molar-refractivity contribution in [3.63, 3.8) is 0 Å². The number of hydrogen-bond acceptors (Lipinski definition) is 4. The Kier molecular flexibility index (Phi) is 5.51. The van der Waals surface area contributed by atoms with Gasteiger partial charge in [-0.2, -0.15) is 0 Å². The molecule has 5 nitrogen and oxygen atoms in total. The summed E-state index contributed by atoms with van der Waals surface area (Å²) in [6.45, 7) is 10.5. The minimum Gasteiger partial charge on any atom is -0.480 e. The van der Waals surface area contributed by atoms with Crippen LogP contribution in [-0.2, 0) is 6.42 Å². The highest BCUT2D eigenvalue weighted by molar-refractivity contribution is 5.85. The van der Waals surface area contributed by atoms with E-state index in [4.69, 9.17) is 14.7 Å².